The van der Waals surface area contributed by atoms with Crippen LogP contribution in [0.15, 0.2) is 60.8 Å². The maximum atomic E-state index is 12.7. The fourth-order valence-corrected chi connectivity index (χ4v) is 2.85. The molecule has 0 radical (unpaired) electrons. The van der Waals surface area contributed by atoms with Crippen molar-refractivity contribution in [3.8, 4) is 11.5 Å². The molecule has 4 nitrogen and oxygen atoms in total. The number of benzene rings is 2. The third-order valence-corrected chi connectivity index (χ3v) is 4.43. The first-order chi connectivity index (χ1) is 12.6. The van der Waals surface area contributed by atoms with Crippen LogP contribution in [0.1, 0.15) is 27.2 Å². The third-order valence-electron chi connectivity index (χ3n) is 4.06. The normalized spacial score (nSPS) is 10.4. The van der Waals surface area contributed by atoms with Crippen molar-refractivity contribution in [1.29, 1.82) is 0 Å². The summed E-state index contributed by atoms with van der Waals surface area (Å²) >= 11 is 6.19. The van der Waals surface area contributed by atoms with Gasteiger partial charge in [-0.05, 0) is 42.0 Å². The lowest BCUT2D eigenvalue weighted by molar-refractivity contribution is 0.103. The number of ether oxygens (including phenoxy) is 2. The monoisotopic (exact) mass is 367 g/mol. The van der Waals surface area contributed by atoms with Crippen LogP contribution < -0.4 is 9.47 Å². The number of rotatable bonds is 6. The fourth-order valence-electron chi connectivity index (χ4n) is 2.64. The summed E-state index contributed by atoms with van der Waals surface area (Å²) in [6, 6.07) is 16.4. The molecule has 0 aliphatic carbocycles. The first-order valence-corrected chi connectivity index (χ1v) is 8.45. The number of ketones is 1. The highest BCUT2D eigenvalue weighted by Crippen LogP contribution is 2.28. The fraction of sp³-hybridized carbons (Fsp3) is 0.143. The molecule has 3 rings (SSSR count). The Morgan fingerprint density at radius 3 is 2.35 bits per heavy atom. The van der Waals surface area contributed by atoms with Gasteiger partial charge in [0.25, 0.3) is 0 Å². The van der Waals surface area contributed by atoms with E-state index in [-0.39, 0.29) is 5.78 Å². The topological polar surface area (TPSA) is 48.4 Å². The van der Waals surface area contributed by atoms with Crippen molar-refractivity contribution in [3.05, 3.63) is 88.2 Å². The van der Waals surface area contributed by atoms with Gasteiger partial charge in [-0.3, -0.25) is 9.78 Å². The van der Waals surface area contributed by atoms with Gasteiger partial charge >= 0.3 is 0 Å². The number of carbonyl (C=O) groups is 1. The van der Waals surface area contributed by atoms with Crippen LogP contribution in [0.3, 0.4) is 0 Å². The Morgan fingerprint density at radius 1 is 0.962 bits per heavy atom. The quantitative estimate of drug-likeness (QED) is 0.598. The second kappa shape index (κ2) is 8.02. The van der Waals surface area contributed by atoms with Crippen LogP contribution in [0, 0.1) is 0 Å². The van der Waals surface area contributed by atoms with E-state index in [1.165, 1.54) is 7.11 Å². The highest BCUT2D eigenvalue weighted by Gasteiger charge is 2.13. The molecule has 0 atom stereocenters. The summed E-state index contributed by atoms with van der Waals surface area (Å²) in [4.78, 5) is 17.1. The summed E-state index contributed by atoms with van der Waals surface area (Å²) in [6.45, 7) is 0. The minimum atomic E-state index is -0.122. The number of halogens is 1. The molecule has 0 amide bonds. The van der Waals surface area contributed by atoms with Crippen LogP contribution in [-0.2, 0) is 6.42 Å². The number of hydrogen-bond donors (Lipinski definition) is 0. The van der Waals surface area contributed by atoms with Gasteiger partial charge in [-0.25, -0.2) is 0 Å². The number of aromatic nitrogens is 1. The van der Waals surface area contributed by atoms with Crippen LogP contribution in [-0.4, -0.2) is 25.0 Å². The molecule has 0 saturated heterocycles. The van der Waals surface area contributed by atoms with Crippen molar-refractivity contribution in [2.45, 2.75) is 6.42 Å². The minimum Gasteiger partial charge on any atom is -0.493 e. The van der Waals surface area contributed by atoms with Gasteiger partial charge in [0.05, 0.1) is 14.2 Å². The lowest BCUT2D eigenvalue weighted by Gasteiger charge is -2.09. The average Bonchev–Trinajstić information content (AvgIpc) is 2.69. The molecule has 0 spiro atoms. The molecule has 0 fully saturated rings. The molecular weight excluding hydrogens is 350 g/mol. The van der Waals surface area contributed by atoms with Crippen molar-refractivity contribution in [2.24, 2.45) is 0 Å². The zero-order chi connectivity index (χ0) is 18.5. The molecule has 0 N–H and O–H groups in total. The molecular formula is C21H18ClNO3. The number of nitrogens with zero attached hydrogens (tertiary/aromatic N) is 1. The van der Waals surface area contributed by atoms with Crippen LogP contribution in [0.2, 0.25) is 5.02 Å². The van der Waals surface area contributed by atoms with E-state index in [1.54, 1.807) is 37.6 Å². The van der Waals surface area contributed by atoms with Gasteiger partial charge in [-0.15, -0.1) is 0 Å². The van der Waals surface area contributed by atoms with Crippen LogP contribution in [0.5, 0.6) is 11.5 Å². The first-order valence-electron chi connectivity index (χ1n) is 8.07. The van der Waals surface area contributed by atoms with Gasteiger partial charge in [-0.2, -0.15) is 0 Å². The highest BCUT2D eigenvalue weighted by molar-refractivity contribution is 6.31. The van der Waals surface area contributed by atoms with E-state index >= 15 is 0 Å². The molecule has 0 aliphatic rings. The van der Waals surface area contributed by atoms with Gasteiger partial charge in [0.15, 0.2) is 17.3 Å². The molecule has 3 aromatic rings. The maximum Gasteiger partial charge on any atom is 0.194 e. The predicted molar refractivity (Wildman–Crippen MR) is 101 cm³/mol. The smallest absolute Gasteiger partial charge is 0.194 e. The van der Waals surface area contributed by atoms with Crippen molar-refractivity contribution < 1.29 is 14.3 Å². The van der Waals surface area contributed by atoms with Crippen molar-refractivity contribution >= 4 is 17.4 Å². The Kier molecular flexibility index (Phi) is 5.54. The SMILES string of the molecule is COc1ccc(C(=O)c2ccc(Cc3ccccc3Cl)nc2)cc1OC. The molecule has 1 heterocycles. The van der Waals surface area contributed by atoms with Gasteiger partial charge in [0.2, 0.25) is 0 Å². The van der Waals surface area contributed by atoms with E-state index < -0.39 is 0 Å². The summed E-state index contributed by atoms with van der Waals surface area (Å²) in [5.41, 5.74) is 2.88. The number of methoxy groups -OCH3 is 2. The van der Waals surface area contributed by atoms with E-state index in [2.05, 4.69) is 4.98 Å². The van der Waals surface area contributed by atoms with Gasteiger partial charge < -0.3 is 9.47 Å². The molecule has 0 unspecified atom stereocenters. The van der Waals surface area contributed by atoms with E-state index in [9.17, 15) is 4.79 Å². The summed E-state index contributed by atoms with van der Waals surface area (Å²) in [5.74, 6) is 0.974. The Morgan fingerprint density at radius 2 is 1.69 bits per heavy atom. The lowest BCUT2D eigenvalue weighted by atomic mass is 10.0. The largest absolute Gasteiger partial charge is 0.493 e. The predicted octanol–water partition coefficient (Wildman–Crippen LogP) is 4.57. The van der Waals surface area contributed by atoms with Crippen LogP contribution >= 0.6 is 11.6 Å². The summed E-state index contributed by atoms with van der Waals surface area (Å²) < 4.78 is 10.5. The molecule has 5 heteroatoms. The molecule has 0 aliphatic heterocycles. The second-order valence-corrected chi connectivity index (χ2v) is 6.11. The lowest BCUT2D eigenvalue weighted by Crippen LogP contribution is -2.04. The van der Waals surface area contributed by atoms with Crippen molar-refractivity contribution in [3.63, 3.8) is 0 Å². The van der Waals surface area contributed by atoms with Gasteiger partial charge in [0.1, 0.15) is 0 Å². The number of carbonyl (C=O) groups excluding carboxylic acids is 1. The molecule has 0 bridgehead atoms. The molecule has 2 aromatic carbocycles. The summed E-state index contributed by atoms with van der Waals surface area (Å²) in [5, 5.41) is 0.708. The van der Waals surface area contributed by atoms with Crippen LogP contribution in [0.4, 0.5) is 0 Å². The van der Waals surface area contributed by atoms with Crippen molar-refractivity contribution in [1.82, 2.24) is 4.98 Å². The third kappa shape index (κ3) is 3.86. The second-order valence-electron chi connectivity index (χ2n) is 5.71. The van der Waals surface area contributed by atoms with Crippen LogP contribution in [0.25, 0.3) is 0 Å². The number of pyridine rings is 1. The molecule has 0 saturated carbocycles. The zero-order valence-electron chi connectivity index (χ0n) is 14.5. The first kappa shape index (κ1) is 18.0. The maximum absolute atomic E-state index is 12.7. The Labute approximate surface area is 157 Å². The standard InChI is InChI=1S/C21H18ClNO3/c1-25-19-10-8-15(12-20(19)26-2)21(24)16-7-9-17(23-13-16)11-14-5-3-4-6-18(14)22/h3-10,12-13H,11H2,1-2H3. The molecule has 132 valence electrons. The minimum absolute atomic E-state index is 0.122. The summed E-state index contributed by atoms with van der Waals surface area (Å²) in [6.07, 6.45) is 2.20. The Hall–Kier alpha value is -2.85. The highest BCUT2D eigenvalue weighted by atomic mass is 35.5. The van der Waals surface area contributed by atoms with E-state index in [0.717, 1.165) is 11.3 Å². The van der Waals surface area contributed by atoms with E-state index in [1.807, 2.05) is 30.3 Å². The molecule has 26 heavy (non-hydrogen) atoms. The number of hydrogen-bond acceptors (Lipinski definition) is 4. The van der Waals surface area contributed by atoms with E-state index in [4.69, 9.17) is 21.1 Å². The van der Waals surface area contributed by atoms with Crippen molar-refractivity contribution in [2.75, 3.05) is 14.2 Å². The molecule has 1 aromatic heterocycles. The summed E-state index contributed by atoms with van der Waals surface area (Å²) in [7, 11) is 3.10. The van der Waals surface area contributed by atoms with Gasteiger partial charge in [0, 0.05) is 34.5 Å². The Balaban J connectivity index is 1.80. The van der Waals surface area contributed by atoms with Gasteiger partial charge in [-0.1, -0.05) is 29.8 Å². The Bertz CT molecular complexity index is 923. The van der Waals surface area contributed by atoms with E-state index in [0.29, 0.717) is 34.1 Å². The zero-order valence-corrected chi connectivity index (χ0v) is 15.3. The average molecular weight is 368 g/mol.